The first-order valence-electron chi connectivity index (χ1n) is 6.87. The van der Waals surface area contributed by atoms with Crippen LogP contribution in [0.5, 0.6) is 0 Å². The van der Waals surface area contributed by atoms with Crippen LogP contribution in [0, 0.1) is 11.8 Å². The van der Waals surface area contributed by atoms with Crippen LogP contribution in [0.2, 0.25) is 5.02 Å². The van der Waals surface area contributed by atoms with Gasteiger partial charge in [-0.15, -0.1) is 11.3 Å². The van der Waals surface area contributed by atoms with Gasteiger partial charge in [0.1, 0.15) is 4.21 Å². The van der Waals surface area contributed by atoms with E-state index in [0.717, 1.165) is 30.1 Å². The Balaban J connectivity index is 1.90. The maximum absolute atomic E-state index is 12.2. The van der Waals surface area contributed by atoms with E-state index in [2.05, 4.69) is 27.6 Å². The molecule has 1 N–H and O–H groups in total. The third kappa shape index (κ3) is 4.19. The summed E-state index contributed by atoms with van der Waals surface area (Å²) < 4.78 is 28.0. The van der Waals surface area contributed by atoms with E-state index in [1.54, 1.807) is 0 Å². The van der Waals surface area contributed by atoms with E-state index < -0.39 is 10.0 Å². The van der Waals surface area contributed by atoms with Gasteiger partial charge < -0.3 is 0 Å². The molecule has 1 aliphatic carbocycles. The predicted molar refractivity (Wildman–Crippen MR) is 88.0 cm³/mol. The second-order valence-electron chi connectivity index (χ2n) is 5.33. The van der Waals surface area contributed by atoms with E-state index in [4.69, 9.17) is 11.6 Å². The Bertz CT molecular complexity index is 531. The Hall–Kier alpha value is 0.380. The Morgan fingerprint density at radius 1 is 1.35 bits per heavy atom. The second kappa shape index (κ2) is 7.09. The molecule has 20 heavy (non-hydrogen) atoms. The summed E-state index contributed by atoms with van der Waals surface area (Å²) in [6.07, 6.45) is 5.92. The molecule has 1 fully saturated rings. The Kier molecular flexibility index (Phi) is 5.94. The lowest BCUT2D eigenvalue weighted by molar-refractivity contribution is 0.270. The fraction of sp³-hybridized carbons (Fsp3) is 0.692. The molecule has 2 rings (SSSR count). The summed E-state index contributed by atoms with van der Waals surface area (Å²) in [5.74, 6) is 1.29. The number of sulfonamides is 1. The van der Waals surface area contributed by atoms with Crippen molar-refractivity contribution in [2.24, 2.45) is 11.8 Å². The molecule has 0 unspecified atom stereocenters. The molecule has 0 radical (unpaired) electrons. The van der Waals surface area contributed by atoms with Gasteiger partial charge in [0.05, 0.1) is 8.81 Å². The molecule has 0 amide bonds. The monoisotopic (exact) mass is 399 g/mol. The van der Waals surface area contributed by atoms with Crippen LogP contribution in [0.3, 0.4) is 0 Å². The van der Waals surface area contributed by atoms with Gasteiger partial charge in [0.2, 0.25) is 10.0 Å². The first-order chi connectivity index (χ1) is 9.42. The Morgan fingerprint density at radius 3 is 2.45 bits per heavy atom. The zero-order valence-corrected chi connectivity index (χ0v) is 15.3. The van der Waals surface area contributed by atoms with E-state index in [0.29, 0.717) is 21.3 Å². The van der Waals surface area contributed by atoms with E-state index in [9.17, 15) is 8.42 Å². The maximum Gasteiger partial charge on any atom is 0.250 e. The Morgan fingerprint density at radius 2 is 1.95 bits per heavy atom. The number of nitrogens with one attached hydrogen (secondary N) is 1. The SMILES string of the molecule is CCC1CCC(CNS(=O)(=O)c2cc(Cl)c(Br)s2)CC1. The minimum atomic E-state index is -3.43. The third-order valence-electron chi connectivity index (χ3n) is 3.99. The zero-order valence-electron chi connectivity index (χ0n) is 11.4. The highest BCUT2D eigenvalue weighted by Gasteiger charge is 2.23. The minimum Gasteiger partial charge on any atom is -0.210 e. The van der Waals surface area contributed by atoms with Crippen molar-refractivity contribution in [3.05, 3.63) is 14.9 Å². The van der Waals surface area contributed by atoms with Crippen LogP contribution in [0.4, 0.5) is 0 Å². The summed E-state index contributed by atoms with van der Waals surface area (Å²) in [6.45, 7) is 2.76. The number of rotatable bonds is 5. The lowest BCUT2D eigenvalue weighted by atomic mass is 9.81. The lowest BCUT2D eigenvalue weighted by Crippen LogP contribution is -2.30. The van der Waals surface area contributed by atoms with Crippen molar-refractivity contribution in [1.82, 2.24) is 4.72 Å². The molecule has 0 aliphatic heterocycles. The van der Waals surface area contributed by atoms with Crippen LogP contribution in [-0.4, -0.2) is 15.0 Å². The van der Waals surface area contributed by atoms with Crippen molar-refractivity contribution in [2.45, 2.75) is 43.2 Å². The van der Waals surface area contributed by atoms with Crippen molar-refractivity contribution in [3.63, 3.8) is 0 Å². The lowest BCUT2D eigenvalue weighted by Gasteiger charge is -2.27. The van der Waals surface area contributed by atoms with E-state index in [-0.39, 0.29) is 4.21 Å². The molecule has 0 saturated heterocycles. The molecule has 1 saturated carbocycles. The number of halogens is 2. The molecule has 1 aromatic rings. The topological polar surface area (TPSA) is 46.2 Å². The summed E-state index contributed by atoms with van der Waals surface area (Å²) in [7, 11) is -3.43. The molecule has 0 atom stereocenters. The highest BCUT2D eigenvalue weighted by molar-refractivity contribution is 9.11. The first-order valence-corrected chi connectivity index (χ1v) is 10.3. The van der Waals surface area contributed by atoms with Gasteiger partial charge in [-0.1, -0.05) is 37.8 Å². The van der Waals surface area contributed by atoms with Crippen LogP contribution < -0.4 is 4.72 Å². The van der Waals surface area contributed by atoms with Gasteiger partial charge in [-0.05, 0) is 46.7 Å². The fourth-order valence-electron chi connectivity index (χ4n) is 2.60. The molecule has 0 aromatic carbocycles. The van der Waals surface area contributed by atoms with Crippen LogP contribution in [-0.2, 0) is 10.0 Å². The van der Waals surface area contributed by atoms with Gasteiger partial charge in [0.25, 0.3) is 0 Å². The number of hydrogen-bond donors (Lipinski definition) is 1. The van der Waals surface area contributed by atoms with Crippen molar-refractivity contribution in [3.8, 4) is 0 Å². The van der Waals surface area contributed by atoms with Crippen LogP contribution in [0.25, 0.3) is 0 Å². The van der Waals surface area contributed by atoms with Crippen LogP contribution in [0.1, 0.15) is 39.0 Å². The summed E-state index contributed by atoms with van der Waals surface area (Å²) in [6, 6.07) is 1.49. The van der Waals surface area contributed by atoms with Crippen molar-refractivity contribution in [2.75, 3.05) is 6.54 Å². The summed E-state index contributed by atoms with van der Waals surface area (Å²) in [4.78, 5) is 0. The minimum absolute atomic E-state index is 0.275. The number of thiophene rings is 1. The van der Waals surface area contributed by atoms with Gasteiger partial charge in [0, 0.05) is 6.54 Å². The molecule has 1 heterocycles. The normalized spacial score (nSPS) is 23.9. The van der Waals surface area contributed by atoms with Gasteiger partial charge in [-0.2, -0.15) is 0 Å². The maximum atomic E-state index is 12.2. The van der Waals surface area contributed by atoms with E-state index in [1.807, 2.05) is 0 Å². The largest absolute Gasteiger partial charge is 0.250 e. The summed E-state index contributed by atoms with van der Waals surface area (Å²) >= 11 is 10.3. The quantitative estimate of drug-likeness (QED) is 0.781. The highest BCUT2D eigenvalue weighted by atomic mass is 79.9. The van der Waals surface area contributed by atoms with Crippen molar-refractivity contribution < 1.29 is 8.42 Å². The Labute approximate surface area is 138 Å². The molecule has 0 bridgehead atoms. The molecular weight excluding hydrogens is 382 g/mol. The van der Waals surface area contributed by atoms with Gasteiger partial charge in [-0.3, -0.25) is 0 Å². The van der Waals surface area contributed by atoms with Gasteiger partial charge in [0.15, 0.2) is 0 Å². The summed E-state index contributed by atoms with van der Waals surface area (Å²) in [5, 5.41) is 0.443. The molecular formula is C13H19BrClNO2S2. The van der Waals surface area contributed by atoms with E-state index >= 15 is 0 Å². The smallest absolute Gasteiger partial charge is 0.210 e. The van der Waals surface area contributed by atoms with Gasteiger partial charge >= 0.3 is 0 Å². The first kappa shape index (κ1) is 16.7. The van der Waals surface area contributed by atoms with Crippen molar-refractivity contribution in [1.29, 1.82) is 0 Å². The van der Waals surface area contributed by atoms with Crippen LogP contribution >= 0.6 is 38.9 Å². The predicted octanol–water partition coefficient (Wildman–Crippen LogP) is 4.66. The molecule has 1 aromatic heterocycles. The van der Waals surface area contributed by atoms with E-state index in [1.165, 1.54) is 25.3 Å². The molecule has 7 heteroatoms. The molecule has 0 spiro atoms. The van der Waals surface area contributed by atoms with Crippen molar-refractivity contribution >= 4 is 48.9 Å². The standard InChI is InChI=1S/C13H19BrClNO2S2/c1-2-9-3-5-10(6-4-9)8-16-20(17,18)12-7-11(15)13(14)19-12/h7,9-10,16H,2-6,8H2,1H3. The number of hydrogen-bond acceptors (Lipinski definition) is 3. The zero-order chi connectivity index (χ0) is 14.8. The van der Waals surface area contributed by atoms with Crippen LogP contribution in [0.15, 0.2) is 14.1 Å². The average Bonchev–Trinajstić information content (AvgIpc) is 2.78. The summed E-state index contributed by atoms with van der Waals surface area (Å²) in [5.41, 5.74) is 0. The highest BCUT2D eigenvalue weighted by Crippen LogP contribution is 2.35. The van der Waals surface area contributed by atoms with Gasteiger partial charge in [-0.25, -0.2) is 13.1 Å². The third-order valence-corrected chi connectivity index (χ3v) is 8.36. The average molecular weight is 401 g/mol. The fourth-order valence-corrected chi connectivity index (χ4v) is 6.16. The second-order valence-corrected chi connectivity index (χ2v) is 10.1. The molecule has 3 nitrogen and oxygen atoms in total. The molecule has 1 aliphatic rings. The molecule has 114 valence electrons.